The lowest BCUT2D eigenvalue weighted by atomic mass is 10.0. The van der Waals surface area contributed by atoms with Gasteiger partial charge in [0.1, 0.15) is 0 Å². The van der Waals surface area contributed by atoms with Crippen molar-refractivity contribution in [3.63, 3.8) is 0 Å². The van der Waals surface area contributed by atoms with Gasteiger partial charge in [-0.05, 0) is 35.2 Å². The lowest BCUT2D eigenvalue weighted by molar-refractivity contribution is 0.525. The Kier molecular flexibility index (Phi) is 21.0. The maximum Gasteiger partial charge on any atom is 0.0791 e. The van der Waals surface area contributed by atoms with E-state index in [1.807, 2.05) is 16.7 Å². The molecule has 0 aromatic carbocycles. The average Bonchev–Trinajstić information content (AvgIpc) is 3.50. The van der Waals surface area contributed by atoms with Crippen molar-refractivity contribution in [1.82, 2.24) is 4.98 Å². The van der Waals surface area contributed by atoms with Gasteiger partial charge in [-0.15, -0.1) is 11.3 Å². The highest BCUT2D eigenvalue weighted by molar-refractivity contribution is 7.08. The van der Waals surface area contributed by atoms with Gasteiger partial charge in [-0.3, -0.25) is 4.98 Å². The zero-order valence-corrected chi connectivity index (χ0v) is 21.3. The number of hydrogen-bond donors (Lipinski definition) is 0. The molecular weight excluding hydrogens is 402 g/mol. The summed E-state index contributed by atoms with van der Waals surface area (Å²) in [4.78, 5) is 3.74. The van der Waals surface area contributed by atoms with E-state index < -0.39 is 0 Å². The number of hydrogen-bond acceptors (Lipinski definition) is 3. The lowest BCUT2D eigenvalue weighted by Crippen LogP contribution is -1.85. The molecule has 0 unspecified atom stereocenters. The van der Waals surface area contributed by atoms with Gasteiger partial charge in [0, 0.05) is 11.6 Å². The molecule has 30 heavy (non-hydrogen) atoms. The minimum absolute atomic E-state index is 1.29. The van der Waals surface area contributed by atoms with E-state index in [2.05, 4.69) is 28.7 Å². The first-order valence-corrected chi connectivity index (χ1v) is 14.6. The van der Waals surface area contributed by atoms with Crippen LogP contribution in [-0.4, -0.2) is 4.98 Å². The molecule has 0 N–H and O–H groups in total. The van der Waals surface area contributed by atoms with E-state index in [0.717, 1.165) is 0 Å². The van der Waals surface area contributed by atoms with E-state index in [-0.39, 0.29) is 0 Å². The van der Waals surface area contributed by atoms with E-state index in [9.17, 15) is 0 Å². The van der Waals surface area contributed by atoms with Gasteiger partial charge < -0.3 is 0 Å². The quantitative estimate of drug-likeness (QED) is 0.194. The SMILES string of the molecule is CCCCCCCCCCCCCCCCCCCCc1ccsc1.c1cscn1. The van der Waals surface area contributed by atoms with Crippen LogP contribution in [0, 0.1) is 0 Å². The van der Waals surface area contributed by atoms with Gasteiger partial charge in [0.15, 0.2) is 0 Å². The molecule has 0 aliphatic heterocycles. The van der Waals surface area contributed by atoms with E-state index >= 15 is 0 Å². The number of thiophene rings is 1. The minimum atomic E-state index is 1.29. The molecule has 0 fully saturated rings. The van der Waals surface area contributed by atoms with Gasteiger partial charge in [0.05, 0.1) is 5.51 Å². The number of nitrogens with zero attached hydrogens (tertiary/aromatic N) is 1. The maximum absolute atomic E-state index is 3.74. The third-order valence-corrected chi connectivity index (χ3v) is 7.00. The van der Waals surface area contributed by atoms with Crippen LogP contribution in [0.2, 0.25) is 0 Å². The van der Waals surface area contributed by atoms with Crippen LogP contribution in [0.5, 0.6) is 0 Å². The molecule has 0 saturated carbocycles. The molecule has 0 saturated heterocycles. The molecule has 3 heteroatoms. The summed E-state index contributed by atoms with van der Waals surface area (Å²) in [6.07, 6.45) is 29.3. The molecule has 0 aliphatic carbocycles. The van der Waals surface area contributed by atoms with Gasteiger partial charge >= 0.3 is 0 Å². The van der Waals surface area contributed by atoms with Crippen molar-refractivity contribution >= 4 is 22.7 Å². The Morgan fingerprint density at radius 2 is 1.10 bits per heavy atom. The first-order valence-electron chi connectivity index (χ1n) is 12.8. The Morgan fingerprint density at radius 3 is 1.43 bits per heavy atom. The van der Waals surface area contributed by atoms with Crippen LogP contribution in [0.25, 0.3) is 0 Å². The van der Waals surface area contributed by atoms with Crippen molar-refractivity contribution in [2.24, 2.45) is 0 Å². The molecule has 2 aromatic rings. The van der Waals surface area contributed by atoms with Crippen molar-refractivity contribution in [3.8, 4) is 0 Å². The van der Waals surface area contributed by atoms with Gasteiger partial charge in [0.2, 0.25) is 0 Å². The van der Waals surface area contributed by atoms with Gasteiger partial charge in [-0.25, -0.2) is 0 Å². The summed E-state index contributed by atoms with van der Waals surface area (Å²) in [5.74, 6) is 0. The standard InChI is InChI=1S/C24H44S.C3H3NS/c1-2-3-4-5-6-7-8-9-10-11-12-13-14-15-16-17-18-19-20-24-21-22-25-23-24;1-2-5-3-4-1/h21-23H,2-20H2,1H3;1-3H. The van der Waals surface area contributed by atoms with Crippen LogP contribution in [0.4, 0.5) is 0 Å². The van der Waals surface area contributed by atoms with E-state index in [1.165, 1.54) is 122 Å². The number of rotatable bonds is 19. The lowest BCUT2D eigenvalue weighted by Gasteiger charge is -2.04. The number of aromatic nitrogens is 1. The monoisotopic (exact) mass is 449 g/mol. The first-order chi connectivity index (χ1) is 14.9. The second-order valence-electron chi connectivity index (χ2n) is 8.57. The van der Waals surface area contributed by atoms with Gasteiger partial charge in [-0.1, -0.05) is 116 Å². The molecule has 172 valence electrons. The third-order valence-electron chi connectivity index (χ3n) is 5.75. The molecule has 0 amide bonds. The fourth-order valence-electron chi connectivity index (χ4n) is 3.84. The summed E-state index contributed by atoms with van der Waals surface area (Å²) in [6.45, 7) is 2.30. The third kappa shape index (κ3) is 19.3. The normalized spacial score (nSPS) is 10.7. The molecule has 2 heterocycles. The maximum atomic E-state index is 3.74. The van der Waals surface area contributed by atoms with Crippen molar-refractivity contribution < 1.29 is 0 Å². The number of aryl methyl sites for hydroxylation is 1. The van der Waals surface area contributed by atoms with Crippen molar-refractivity contribution in [1.29, 1.82) is 0 Å². The fourth-order valence-corrected chi connectivity index (χ4v) is 4.90. The molecule has 0 bridgehead atoms. The second kappa shape index (κ2) is 23.0. The Morgan fingerprint density at radius 1 is 0.600 bits per heavy atom. The van der Waals surface area contributed by atoms with Gasteiger partial charge in [-0.2, -0.15) is 11.3 Å². The molecule has 1 nitrogen and oxygen atoms in total. The van der Waals surface area contributed by atoms with Crippen LogP contribution in [0.15, 0.2) is 33.9 Å². The van der Waals surface area contributed by atoms with E-state index in [1.54, 1.807) is 28.6 Å². The molecule has 0 radical (unpaired) electrons. The molecule has 2 rings (SSSR count). The molecular formula is C27H47NS2. The zero-order chi connectivity index (χ0) is 21.4. The summed E-state index contributed by atoms with van der Waals surface area (Å²) < 4.78 is 0. The van der Waals surface area contributed by atoms with Crippen LogP contribution >= 0.6 is 22.7 Å². The summed E-state index contributed by atoms with van der Waals surface area (Å²) in [5.41, 5.74) is 3.33. The summed E-state index contributed by atoms with van der Waals surface area (Å²) >= 11 is 3.43. The van der Waals surface area contributed by atoms with E-state index in [0.29, 0.717) is 0 Å². The van der Waals surface area contributed by atoms with Crippen LogP contribution in [0.3, 0.4) is 0 Å². The Hall–Kier alpha value is -0.670. The summed E-state index contributed by atoms with van der Waals surface area (Å²) in [7, 11) is 0. The average molecular weight is 450 g/mol. The van der Waals surface area contributed by atoms with Crippen LogP contribution < -0.4 is 0 Å². The fraction of sp³-hybridized carbons (Fsp3) is 0.741. The van der Waals surface area contributed by atoms with Crippen molar-refractivity contribution in [3.05, 3.63) is 39.5 Å². The molecule has 2 aromatic heterocycles. The highest BCUT2D eigenvalue weighted by Gasteiger charge is 1.96. The summed E-state index contributed by atoms with van der Waals surface area (Å²) in [5, 5.41) is 6.43. The number of thiazole rings is 1. The molecule has 0 spiro atoms. The highest BCUT2D eigenvalue weighted by Crippen LogP contribution is 2.15. The largest absolute Gasteiger partial charge is 0.253 e. The smallest absolute Gasteiger partial charge is 0.0791 e. The predicted molar refractivity (Wildman–Crippen MR) is 139 cm³/mol. The topological polar surface area (TPSA) is 12.9 Å². The molecule has 0 atom stereocenters. The Labute approximate surface area is 195 Å². The zero-order valence-electron chi connectivity index (χ0n) is 19.7. The molecule has 0 aliphatic rings. The van der Waals surface area contributed by atoms with Gasteiger partial charge in [0.25, 0.3) is 0 Å². The summed E-state index contributed by atoms with van der Waals surface area (Å²) in [6, 6.07) is 2.28. The minimum Gasteiger partial charge on any atom is -0.253 e. The Balaban J connectivity index is 0.000000780. The van der Waals surface area contributed by atoms with Crippen molar-refractivity contribution in [2.45, 2.75) is 129 Å². The van der Waals surface area contributed by atoms with Crippen LogP contribution in [-0.2, 0) is 6.42 Å². The number of unbranched alkanes of at least 4 members (excludes halogenated alkanes) is 17. The van der Waals surface area contributed by atoms with Crippen molar-refractivity contribution in [2.75, 3.05) is 0 Å². The second-order valence-corrected chi connectivity index (χ2v) is 10.1. The van der Waals surface area contributed by atoms with Crippen LogP contribution in [0.1, 0.15) is 128 Å². The highest BCUT2D eigenvalue weighted by atomic mass is 32.1. The van der Waals surface area contributed by atoms with E-state index in [4.69, 9.17) is 0 Å². The Bertz CT molecular complexity index is 490. The first kappa shape index (κ1) is 27.4. The predicted octanol–water partition coefficient (Wildman–Crippen LogP) is 10.5.